The first kappa shape index (κ1) is 9.76. The van der Waals surface area contributed by atoms with Gasteiger partial charge in [-0.25, -0.2) is 9.98 Å². The predicted octanol–water partition coefficient (Wildman–Crippen LogP) is 0.947. The van der Waals surface area contributed by atoms with E-state index in [9.17, 15) is 0 Å². The van der Waals surface area contributed by atoms with Crippen molar-refractivity contribution in [3.05, 3.63) is 11.8 Å². The Morgan fingerprint density at radius 3 is 3.20 bits per heavy atom. The largest absolute Gasteiger partial charge is 0.274 e. The molecule has 0 saturated carbocycles. The summed E-state index contributed by atoms with van der Waals surface area (Å²) < 4.78 is 0. The third-order valence-electron chi connectivity index (χ3n) is 2.51. The monoisotopic (exact) mass is 203 g/mol. The number of hydrogen-bond acceptors (Lipinski definition) is 5. The van der Waals surface area contributed by atoms with Crippen LogP contribution in [-0.2, 0) is 0 Å². The zero-order valence-electron chi connectivity index (χ0n) is 8.83. The SMILES string of the molecule is C=N/C=C(\C)C1=NN(C)C2N=CN=CC12. The lowest BCUT2D eigenvalue weighted by Gasteiger charge is -2.19. The molecule has 2 unspecified atom stereocenters. The average Bonchev–Trinajstić information content (AvgIpc) is 2.58. The molecule has 2 aliphatic rings. The summed E-state index contributed by atoms with van der Waals surface area (Å²) >= 11 is 0. The molecule has 0 aliphatic carbocycles. The standard InChI is InChI=1S/C10H13N5/c1-7(4-11-2)9-8-5-12-6-13-10(8)15(3)14-9/h4-6,8,10H,2H2,1,3H3/b7-4+. The second-order valence-electron chi connectivity index (χ2n) is 3.56. The van der Waals surface area contributed by atoms with Crippen molar-refractivity contribution in [1.29, 1.82) is 0 Å². The second kappa shape index (κ2) is 3.76. The first-order valence-electron chi connectivity index (χ1n) is 4.73. The van der Waals surface area contributed by atoms with Crippen LogP contribution in [-0.4, -0.2) is 43.2 Å². The summed E-state index contributed by atoms with van der Waals surface area (Å²) in [6.45, 7) is 5.41. The van der Waals surface area contributed by atoms with Crippen LogP contribution in [0.25, 0.3) is 0 Å². The van der Waals surface area contributed by atoms with Gasteiger partial charge in [0, 0.05) is 19.5 Å². The highest BCUT2D eigenvalue weighted by atomic mass is 15.5. The molecule has 15 heavy (non-hydrogen) atoms. The molecule has 5 nitrogen and oxygen atoms in total. The van der Waals surface area contributed by atoms with Gasteiger partial charge < -0.3 is 0 Å². The van der Waals surface area contributed by atoms with Crippen molar-refractivity contribution in [3.8, 4) is 0 Å². The maximum Gasteiger partial charge on any atom is 0.151 e. The number of hydrogen-bond donors (Lipinski definition) is 0. The van der Waals surface area contributed by atoms with Crippen LogP contribution in [0.4, 0.5) is 0 Å². The summed E-state index contributed by atoms with van der Waals surface area (Å²) in [5.41, 5.74) is 1.98. The first-order chi connectivity index (χ1) is 7.24. The molecule has 78 valence electrons. The topological polar surface area (TPSA) is 52.7 Å². The number of rotatable bonds is 2. The van der Waals surface area contributed by atoms with Crippen LogP contribution < -0.4 is 0 Å². The van der Waals surface area contributed by atoms with Gasteiger partial charge in [-0.3, -0.25) is 10.0 Å². The fourth-order valence-corrected chi connectivity index (χ4v) is 1.79. The molecule has 0 aromatic heterocycles. The van der Waals surface area contributed by atoms with Crippen LogP contribution in [0.5, 0.6) is 0 Å². The summed E-state index contributed by atoms with van der Waals surface area (Å²) in [7, 11) is 1.91. The van der Waals surface area contributed by atoms with Gasteiger partial charge in [-0.05, 0) is 19.2 Å². The molecule has 0 saturated heterocycles. The van der Waals surface area contributed by atoms with Crippen LogP contribution in [0.1, 0.15) is 6.92 Å². The van der Waals surface area contributed by atoms with E-state index in [4.69, 9.17) is 0 Å². The number of fused-ring (bicyclic) bond motifs is 1. The van der Waals surface area contributed by atoms with Gasteiger partial charge in [0.2, 0.25) is 0 Å². The van der Waals surface area contributed by atoms with Gasteiger partial charge in [-0.15, -0.1) is 0 Å². The van der Waals surface area contributed by atoms with E-state index in [-0.39, 0.29) is 12.1 Å². The van der Waals surface area contributed by atoms with Gasteiger partial charge in [-0.2, -0.15) is 5.10 Å². The average molecular weight is 203 g/mol. The maximum absolute atomic E-state index is 4.44. The minimum absolute atomic E-state index is 0.0469. The Morgan fingerprint density at radius 2 is 2.47 bits per heavy atom. The van der Waals surface area contributed by atoms with Crippen LogP contribution in [0.2, 0.25) is 0 Å². The molecule has 0 amide bonds. The van der Waals surface area contributed by atoms with Crippen LogP contribution in [0.15, 0.2) is 31.9 Å². The summed E-state index contributed by atoms with van der Waals surface area (Å²) in [6, 6.07) is 0. The van der Waals surface area contributed by atoms with E-state index < -0.39 is 0 Å². The lowest BCUT2D eigenvalue weighted by atomic mass is 9.97. The fraction of sp³-hybridized carbons (Fsp3) is 0.400. The highest BCUT2D eigenvalue weighted by molar-refractivity contribution is 6.11. The number of nitrogens with zero attached hydrogens (tertiary/aromatic N) is 5. The Balaban J connectivity index is 2.31. The lowest BCUT2D eigenvalue weighted by molar-refractivity contribution is 0.277. The molecule has 0 fully saturated rings. The molecule has 2 atom stereocenters. The van der Waals surface area contributed by atoms with E-state index in [1.807, 2.05) is 25.2 Å². The van der Waals surface area contributed by atoms with E-state index in [0.717, 1.165) is 11.3 Å². The Kier molecular flexibility index (Phi) is 2.45. The summed E-state index contributed by atoms with van der Waals surface area (Å²) in [6.07, 6.45) is 5.20. The van der Waals surface area contributed by atoms with Crippen molar-refractivity contribution in [3.63, 3.8) is 0 Å². The maximum atomic E-state index is 4.44. The van der Waals surface area contributed by atoms with Crippen molar-refractivity contribution in [2.24, 2.45) is 26.0 Å². The predicted molar refractivity (Wildman–Crippen MR) is 62.8 cm³/mol. The number of aliphatic imine (C=N–C) groups is 3. The fourth-order valence-electron chi connectivity index (χ4n) is 1.79. The Labute approximate surface area is 88.6 Å². The molecule has 0 radical (unpaired) electrons. The quantitative estimate of drug-likeness (QED) is 0.616. The Hall–Kier alpha value is -1.78. The van der Waals surface area contributed by atoms with E-state index in [0.29, 0.717) is 0 Å². The van der Waals surface area contributed by atoms with Gasteiger partial charge >= 0.3 is 0 Å². The van der Waals surface area contributed by atoms with Crippen molar-refractivity contribution in [1.82, 2.24) is 5.01 Å². The molecule has 0 aromatic carbocycles. The molecule has 0 bridgehead atoms. The Morgan fingerprint density at radius 1 is 1.67 bits per heavy atom. The second-order valence-corrected chi connectivity index (χ2v) is 3.56. The van der Waals surface area contributed by atoms with E-state index in [1.54, 1.807) is 12.5 Å². The molecule has 0 spiro atoms. The highest BCUT2D eigenvalue weighted by Crippen LogP contribution is 2.25. The first-order valence-corrected chi connectivity index (χ1v) is 4.73. The summed E-state index contributed by atoms with van der Waals surface area (Å²) in [5.74, 6) is 0.137. The number of hydrazone groups is 1. The third-order valence-corrected chi connectivity index (χ3v) is 2.51. The molecule has 2 heterocycles. The molecule has 5 heteroatoms. The number of allylic oxidation sites excluding steroid dienone is 1. The van der Waals surface area contributed by atoms with Gasteiger partial charge in [0.1, 0.15) is 6.34 Å². The molecule has 2 aliphatic heterocycles. The third kappa shape index (κ3) is 1.60. The van der Waals surface area contributed by atoms with Gasteiger partial charge in [0.05, 0.1) is 11.6 Å². The van der Waals surface area contributed by atoms with Crippen molar-refractivity contribution < 1.29 is 0 Å². The van der Waals surface area contributed by atoms with Crippen molar-refractivity contribution >= 4 is 25.0 Å². The van der Waals surface area contributed by atoms with Gasteiger partial charge in [-0.1, -0.05) is 0 Å². The van der Waals surface area contributed by atoms with Crippen LogP contribution >= 0.6 is 0 Å². The molecular formula is C10H13N5. The Bertz CT molecular complexity index is 391. The minimum Gasteiger partial charge on any atom is -0.274 e. The minimum atomic E-state index is 0.0469. The summed E-state index contributed by atoms with van der Waals surface area (Å²) in [4.78, 5) is 12.1. The van der Waals surface area contributed by atoms with Crippen molar-refractivity contribution in [2.75, 3.05) is 7.05 Å². The van der Waals surface area contributed by atoms with Crippen LogP contribution in [0.3, 0.4) is 0 Å². The molecular weight excluding hydrogens is 190 g/mol. The lowest BCUT2D eigenvalue weighted by Crippen LogP contribution is -2.32. The van der Waals surface area contributed by atoms with E-state index >= 15 is 0 Å². The zero-order valence-corrected chi connectivity index (χ0v) is 8.83. The van der Waals surface area contributed by atoms with Crippen LogP contribution in [0, 0.1) is 5.92 Å². The van der Waals surface area contributed by atoms with Gasteiger partial charge in [0.25, 0.3) is 0 Å². The smallest absolute Gasteiger partial charge is 0.151 e. The van der Waals surface area contributed by atoms with E-state index in [2.05, 4.69) is 26.8 Å². The zero-order chi connectivity index (χ0) is 10.8. The summed E-state index contributed by atoms with van der Waals surface area (Å²) in [5, 5.41) is 6.29. The highest BCUT2D eigenvalue weighted by Gasteiger charge is 2.35. The normalized spacial score (nSPS) is 29.1. The molecule has 0 aromatic rings. The molecule has 2 rings (SSSR count). The van der Waals surface area contributed by atoms with Crippen molar-refractivity contribution in [2.45, 2.75) is 13.1 Å². The van der Waals surface area contributed by atoms with E-state index in [1.165, 1.54) is 0 Å². The van der Waals surface area contributed by atoms with Gasteiger partial charge in [0.15, 0.2) is 6.17 Å². The molecule has 0 N–H and O–H groups in total.